The minimum atomic E-state index is -3.43. The Morgan fingerprint density at radius 1 is 1.09 bits per heavy atom. The number of nitrogens with zero attached hydrogens (tertiary/aromatic N) is 1. The van der Waals surface area contributed by atoms with Gasteiger partial charge in [-0.15, -0.1) is 0 Å². The number of sulfonamides is 1. The fraction of sp³-hybridized carbons (Fsp3) is 0.533. The van der Waals surface area contributed by atoms with Gasteiger partial charge >= 0.3 is 0 Å². The Hall–Kier alpha value is -1.60. The molecule has 0 bridgehead atoms. The van der Waals surface area contributed by atoms with E-state index in [0.717, 1.165) is 6.42 Å². The number of hydrogen-bond donors (Lipinski definition) is 2. The van der Waals surface area contributed by atoms with Gasteiger partial charge in [-0.05, 0) is 30.7 Å². The Balaban J connectivity index is 2.69. The summed E-state index contributed by atoms with van der Waals surface area (Å²) in [5.41, 5.74) is 0.713. The lowest BCUT2D eigenvalue weighted by molar-refractivity contribution is -0.119. The van der Waals surface area contributed by atoms with E-state index in [1.807, 2.05) is 20.8 Å². The zero-order valence-corrected chi connectivity index (χ0v) is 14.2. The quantitative estimate of drug-likeness (QED) is 0.723. The standard InChI is InChI=1S/C15H25N3O3S/c1-4-11-16-15(19)12-17-13-7-9-14(10-8-13)22(20,21)18(5-2)6-3/h7-10,17H,4-6,11-12H2,1-3H3,(H,16,19). The fourth-order valence-electron chi connectivity index (χ4n) is 1.97. The molecule has 1 amide bonds. The molecule has 0 fully saturated rings. The molecular weight excluding hydrogens is 302 g/mol. The number of carbonyl (C=O) groups is 1. The Morgan fingerprint density at radius 2 is 1.68 bits per heavy atom. The molecule has 0 aliphatic carbocycles. The first-order valence-electron chi connectivity index (χ1n) is 7.56. The third kappa shape index (κ3) is 4.99. The Kier molecular flexibility index (Phi) is 7.34. The average Bonchev–Trinajstić information content (AvgIpc) is 2.52. The maximum Gasteiger partial charge on any atom is 0.243 e. The van der Waals surface area contributed by atoms with Crippen molar-refractivity contribution >= 4 is 21.6 Å². The van der Waals surface area contributed by atoms with Crippen LogP contribution < -0.4 is 10.6 Å². The molecule has 0 heterocycles. The van der Waals surface area contributed by atoms with Gasteiger partial charge in [0.1, 0.15) is 0 Å². The highest BCUT2D eigenvalue weighted by atomic mass is 32.2. The summed E-state index contributed by atoms with van der Waals surface area (Å²) in [5, 5.41) is 5.73. The van der Waals surface area contributed by atoms with Crippen LogP contribution in [0.3, 0.4) is 0 Å². The normalized spacial score (nSPS) is 11.5. The van der Waals surface area contributed by atoms with E-state index in [0.29, 0.717) is 25.3 Å². The van der Waals surface area contributed by atoms with Gasteiger partial charge in [-0.3, -0.25) is 4.79 Å². The van der Waals surface area contributed by atoms with Crippen LogP contribution in [-0.4, -0.2) is 44.8 Å². The molecule has 0 saturated heterocycles. The molecule has 0 aliphatic rings. The van der Waals surface area contributed by atoms with Gasteiger partial charge in [-0.1, -0.05) is 20.8 Å². The van der Waals surface area contributed by atoms with Gasteiger partial charge < -0.3 is 10.6 Å². The number of hydrogen-bond acceptors (Lipinski definition) is 4. The number of anilines is 1. The number of benzene rings is 1. The van der Waals surface area contributed by atoms with Crippen molar-refractivity contribution in [3.63, 3.8) is 0 Å². The Labute approximate surface area is 132 Å². The van der Waals surface area contributed by atoms with Gasteiger partial charge in [-0.2, -0.15) is 4.31 Å². The molecule has 2 N–H and O–H groups in total. The van der Waals surface area contributed by atoms with E-state index in [4.69, 9.17) is 0 Å². The zero-order valence-electron chi connectivity index (χ0n) is 13.4. The molecule has 0 radical (unpaired) electrons. The summed E-state index contributed by atoms with van der Waals surface area (Å²) in [7, 11) is -3.43. The van der Waals surface area contributed by atoms with E-state index < -0.39 is 10.0 Å². The molecule has 7 heteroatoms. The molecule has 0 saturated carbocycles. The first kappa shape index (κ1) is 18.4. The van der Waals surface area contributed by atoms with Crippen molar-refractivity contribution < 1.29 is 13.2 Å². The van der Waals surface area contributed by atoms with Crippen LogP contribution in [0.25, 0.3) is 0 Å². The number of nitrogens with one attached hydrogen (secondary N) is 2. The second-order valence-electron chi connectivity index (χ2n) is 4.82. The van der Waals surface area contributed by atoms with Crippen molar-refractivity contribution in [1.82, 2.24) is 9.62 Å². The van der Waals surface area contributed by atoms with Gasteiger partial charge in [-0.25, -0.2) is 8.42 Å². The van der Waals surface area contributed by atoms with Crippen LogP contribution in [0.15, 0.2) is 29.2 Å². The molecule has 1 rings (SSSR count). The van der Waals surface area contributed by atoms with Crippen molar-refractivity contribution in [3.05, 3.63) is 24.3 Å². The van der Waals surface area contributed by atoms with E-state index in [9.17, 15) is 13.2 Å². The summed E-state index contributed by atoms with van der Waals surface area (Å²) in [6.07, 6.45) is 0.893. The second-order valence-corrected chi connectivity index (χ2v) is 6.76. The van der Waals surface area contributed by atoms with Gasteiger partial charge in [0, 0.05) is 25.3 Å². The highest BCUT2D eigenvalue weighted by Crippen LogP contribution is 2.18. The molecule has 0 aliphatic heterocycles. The Morgan fingerprint density at radius 3 is 2.18 bits per heavy atom. The maximum atomic E-state index is 12.3. The minimum absolute atomic E-state index is 0.0818. The Bertz CT molecular complexity index is 566. The number of rotatable bonds is 9. The smallest absolute Gasteiger partial charge is 0.243 e. The van der Waals surface area contributed by atoms with Crippen LogP contribution >= 0.6 is 0 Å². The van der Waals surface area contributed by atoms with E-state index in [1.165, 1.54) is 4.31 Å². The van der Waals surface area contributed by atoms with Crippen molar-refractivity contribution in [1.29, 1.82) is 0 Å². The highest BCUT2D eigenvalue weighted by molar-refractivity contribution is 7.89. The highest BCUT2D eigenvalue weighted by Gasteiger charge is 2.21. The third-order valence-electron chi connectivity index (χ3n) is 3.22. The molecule has 1 aromatic rings. The van der Waals surface area contributed by atoms with Crippen LogP contribution in [-0.2, 0) is 14.8 Å². The van der Waals surface area contributed by atoms with Crippen LogP contribution in [0.1, 0.15) is 27.2 Å². The summed E-state index contributed by atoms with van der Waals surface area (Å²) < 4.78 is 26.1. The first-order valence-corrected chi connectivity index (χ1v) is 9.00. The van der Waals surface area contributed by atoms with Crippen molar-refractivity contribution in [2.24, 2.45) is 0 Å². The molecule has 0 unspecified atom stereocenters. The number of carbonyl (C=O) groups excluding carboxylic acids is 1. The maximum absolute atomic E-state index is 12.3. The summed E-state index contributed by atoms with van der Waals surface area (Å²) >= 11 is 0. The molecule has 0 spiro atoms. The second kappa shape index (κ2) is 8.75. The summed E-state index contributed by atoms with van der Waals surface area (Å²) in [5.74, 6) is -0.0818. The van der Waals surface area contributed by atoms with Gasteiger partial charge in [0.05, 0.1) is 11.4 Å². The molecule has 124 valence electrons. The SMILES string of the molecule is CCCNC(=O)CNc1ccc(S(=O)(=O)N(CC)CC)cc1. The lowest BCUT2D eigenvalue weighted by Crippen LogP contribution is -2.31. The largest absolute Gasteiger partial charge is 0.376 e. The van der Waals surface area contributed by atoms with E-state index in [1.54, 1.807) is 24.3 Å². The minimum Gasteiger partial charge on any atom is -0.376 e. The predicted octanol–water partition coefficient (Wildman–Crippen LogP) is 1.66. The fourth-order valence-corrected chi connectivity index (χ4v) is 3.42. The van der Waals surface area contributed by atoms with Gasteiger partial charge in [0.2, 0.25) is 15.9 Å². The van der Waals surface area contributed by atoms with E-state index in [2.05, 4.69) is 10.6 Å². The van der Waals surface area contributed by atoms with Gasteiger partial charge in [0.25, 0.3) is 0 Å². The lowest BCUT2D eigenvalue weighted by atomic mass is 10.3. The molecule has 1 aromatic carbocycles. The first-order chi connectivity index (χ1) is 10.5. The molecule has 0 atom stereocenters. The molecule has 6 nitrogen and oxygen atoms in total. The zero-order chi connectivity index (χ0) is 16.6. The third-order valence-corrected chi connectivity index (χ3v) is 5.29. The summed E-state index contributed by atoms with van der Waals surface area (Å²) in [6, 6.07) is 6.45. The van der Waals surface area contributed by atoms with Crippen molar-refractivity contribution in [3.8, 4) is 0 Å². The van der Waals surface area contributed by atoms with Crippen LogP contribution in [0, 0.1) is 0 Å². The van der Waals surface area contributed by atoms with Gasteiger partial charge in [0.15, 0.2) is 0 Å². The summed E-state index contributed by atoms with van der Waals surface area (Å²) in [4.78, 5) is 11.8. The summed E-state index contributed by atoms with van der Waals surface area (Å²) in [6.45, 7) is 7.32. The van der Waals surface area contributed by atoms with Crippen LogP contribution in [0.5, 0.6) is 0 Å². The average molecular weight is 327 g/mol. The monoisotopic (exact) mass is 327 g/mol. The topological polar surface area (TPSA) is 78.5 Å². The molecular formula is C15H25N3O3S. The van der Waals surface area contributed by atoms with E-state index in [-0.39, 0.29) is 17.3 Å². The van der Waals surface area contributed by atoms with E-state index >= 15 is 0 Å². The predicted molar refractivity (Wildman–Crippen MR) is 88.3 cm³/mol. The van der Waals surface area contributed by atoms with Crippen LogP contribution in [0.4, 0.5) is 5.69 Å². The molecule has 0 aromatic heterocycles. The molecule has 22 heavy (non-hydrogen) atoms. The van der Waals surface area contributed by atoms with Crippen molar-refractivity contribution in [2.75, 3.05) is 31.5 Å². The van der Waals surface area contributed by atoms with Crippen molar-refractivity contribution in [2.45, 2.75) is 32.1 Å². The van der Waals surface area contributed by atoms with Crippen LogP contribution in [0.2, 0.25) is 0 Å². The lowest BCUT2D eigenvalue weighted by Gasteiger charge is -2.18. The number of amides is 1.